The van der Waals surface area contributed by atoms with Crippen LogP contribution in [0, 0.1) is 0 Å². The van der Waals surface area contributed by atoms with Crippen LogP contribution in [0.25, 0.3) is 0 Å². The maximum Gasteiger partial charge on any atom is 0.319 e. The SMILES string of the molecule is NS(=O)(=O)c1ccc(CNC(=O)Nc2ccccc2O)cc1. The molecule has 0 radical (unpaired) electrons. The molecule has 0 unspecified atom stereocenters. The molecule has 0 saturated carbocycles. The van der Waals surface area contributed by atoms with Crippen molar-refractivity contribution in [3.8, 4) is 5.75 Å². The molecule has 2 aromatic rings. The first kappa shape index (κ1) is 15.8. The fourth-order valence-corrected chi connectivity index (χ4v) is 2.24. The van der Waals surface area contributed by atoms with Crippen molar-refractivity contribution >= 4 is 21.7 Å². The first-order valence-electron chi connectivity index (χ1n) is 6.31. The van der Waals surface area contributed by atoms with E-state index in [1.807, 2.05) is 0 Å². The van der Waals surface area contributed by atoms with E-state index in [4.69, 9.17) is 5.14 Å². The lowest BCUT2D eigenvalue weighted by molar-refractivity contribution is 0.251. The molecule has 0 aliphatic rings. The molecule has 7 nitrogen and oxygen atoms in total. The molecular formula is C14H15N3O4S. The van der Waals surface area contributed by atoms with Gasteiger partial charge >= 0.3 is 6.03 Å². The highest BCUT2D eigenvalue weighted by Crippen LogP contribution is 2.21. The number of anilines is 1. The summed E-state index contributed by atoms with van der Waals surface area (Å²) in [4.78, 5) is 11.7. The second-order valence-corrected chi connectivity index (χ2v) is 6.08. The zero-order valence-corrected chi connectivity index (χ0v) is 12.3. The van der Waals surface area contributed by atoms with E-state index in [-0.39, 0.29) is 17.2 Å². The number of phenols is 1. The average molecular weight is 321 g/mol. The minimum atomic E-state index is -3.72. The van der Waals surface area contributed by atoms with Gasteiger partial charge in [-0.15, -0.1) is 0 Å². The number of hydrogen-bond donors (Lipinski definition) is 4. The van der Waals surface area contributed by atoms with Crippen molar-refractivity contribution in [1.29, 1.82) is 0 Å². The Hall–Kier alpha value is -2.58. The fourth-order valence-electron chi connectivity index (χ4n) is 1.73. The van der Waals surface area contributed by atoms with Crippen molar-refractivity contribution in [3.05, 3.63) is 54.1 Å². The molecule has 0 atom stereocenters. The Bertz CT molecular complexity index is 773. The third kappa shape index (κ3) is 4.21. The van der Waals surface area contributed by atoms with Crippen molar-refractivity contribution in [2.45, 2.75) is 11.4 Å². The van der Waals surface area contributed by atoms with E-state index in [1.165, 1.54) is 18.2 Å². The molecule has 0 aromatic heterocycles. The van der Waals surface area contributed by atoms with Gasteiger partial charge in [-0.2, -0.15) is 0 Å². The van der Waals surface area contributed by atoms with Crippen LogP contribution in [0.4, 0.5) is 10.5 Å². The monoisotopic (exact) mass is 321 g/mol. The maximum absolute atomic E-state index is 11.7. The first-order chi connectivity index (χ1) is 10.4. The van der Waals surface area contributed by atoms with Crippen molar-refractivity contribution in [2.75, 3.05) is 5.32 Å². The molecule has 2 amide bonds. The Balaban J connectivity index is 1.93. The molecule has 0 fully saturated rings. The summed E-state index contributed by atoms with van der Waals surface area (Å²) >= 11 is 0. The van der Waals surface area contributed by atoms with E-state index in [2.05, 4.69) is 10.6 Å². The van der Waals surface area contributed by atoms with Crippen molar-refractivity contribution < 1.29 is 18.3 Å². The van der Waals surface area contributed by atoms with Crippen LogP contribution in [0.2, 0.25) is 0 Å². The van der Waals surface area contributed by atoms with Gasteiger partial charge in [-0.3, -0.25) is 0 Å². The number of sulfonamides is 1. The predicted molar refractivity (Wildman–Crippen MR) is 81.8 cm³/mol. The molecular weight excluding hydrogens is 306 g/mol. The second kappa shape index (κ2) is 6.46. The number of para-hydroxylation sites is 2. The Kier molecular flexibility index (Phi) is 4.64. The van der Waals surface area contributed by atoms with Crippen LogP contribution in [0.3, 0.4) is 0 Å². The van der Waals surface area contributed by atoms with Crippen molar-refractivity contribution in [1.82, 2.24) is 5.32 Å². The number of rotatable bonds is 4. The first-order valence-corrected chi connectivity index (χ1v) is 7.85. The normalized spacial score (nSPS) is 11.0. The molecule has 0 aliphatic carbocycles. The Morgan fingerprint density at radius 2 is 1.73 bits per heavy atom. The number of hydrogen-bond acceptors (Lipinski definition) is 4. The lowest BCUT2D eigenvalue weighted by Crippen LogP contribution is -2.28. The number of aromatic hydroxyl groups is 1. The van der Waals surface area contributed by atoms with Gasteiger partial charge in [-0.05, 0) is 29.8 Å². The zero-order chi connectivity index (χ0) is 16.2. The highest BCUT2D eigenvalue weighted by molar-refractivity contribution is 7.89. The number of nitrogens with two attached hydrogens (primary N) is 1. The molecule has 2 rings (SSSR count). The minimum absolute atomic E-state index is 0.00918. The standard InChI is InChI=1S/C14H15N3O4S/c15-22(20,21)11-7-5-10(6-8-11)9-16-14(19)17-12-3-1-2-4-13(12)18/h1-8,18H,9H2,(H2,15,20,21)(H2,16,17,19). The van der Waals surface area contributed by atoms with Gasteiger partial charge in [0.1, 0.15) is 5.75 Å². The molecule has 8 heteroatoms. The number of carbonyl (C=O) groups is 1. The number of nitrogens with one attached hydrogen (secondary N) is 2. The van der Waals surface area contributed by atoms with E-state index >= 15 is 0 Å². The molecule has 116 valence electrons. The number of amides is 2. The van der Waals surface area contributed by atoms with Crippen LogP contribution in [0.1, 0.15) is 5.56 Å². The van der Waals surface area contributed by atoms with Crippen LogP contribution < -0.4 is 15.8 Å². The summed E-state index contributed by atoms with van der Waals surface area (Å²) in [6.07, 6.45) is 0. The van der Waals surface area contributed by atoms with Gasteiger partial charge < -0.3 is 15.7 Å². The molecule has 0 heterocycles. The van der Waals surface area contributed by atoms with Crippen LogP contribution >= 0.6 is 0 Å². The van der Waals surface area contributed by atoms with Gasteiger partial charge in [-0.25, -0.2) is 18.4 Å². The van der Waals surface area contributed by atoms with Gasteiger partial charge in [0.2, 0.25) is 10.0 Å². The molecule has 2 aromatic carbocycles. The van der Waals surface area contributed by atoms with Crippen LogP contribution in [0.5, 0.6) is 5.75 Å². The van der Waals surface area contributed by atoms with Gasteiger partial charge in [-0.1, -0.05) is 24.3 Å². The lowest BCUT2D eigenvalue weighted by atomic mass is 10.2. The summed E-state index contributed by atoms with van der Waals surface area (Å²) in [5.41, 5.74) is 1.00. The van der Waals surface area contributed by atoms with Crippen LogP contribution in [0.15, 0.2) is 53.4 Å². The summed E-state index contributed by atoms with van der Waals surface area (Å²) in [6, 6.07) is 11.7. The highest BCUT2D eigenvalue weighted by Gasteiger charge is 2.08. The van der Waals surface area contributed by atoms with E-state index in [9.17, 15) is 18.3 Å². The zero-order valence-electron chi connectivity index (χ0n) is 11.5. The molecule has 0 aliphatic heterocycles. The molecule has 0 spiro atoms. The third-order valence-electron chi connectivity index (χ3n) is 2.86. The van der Waals surface area contributed by atoms with Crippen molar-refractivity contribution in [2.24, 2.45) is 5.14 Å². The van der Waals surface area contributed by atoms with Gasteiger partial charge in [0, 0.05) is 6.54 Å². The van der Waals surface area contributed by atoms with Crippen molar-refractivity contribution in [3.63, 3.8) is 0 Å². The number of phenolic OH excluding ortho intramolecular Hbond substituents is 1. The quantitative estimate of drug-likeness (QED) is 0.635. The topological polar surface area (TPSA) is 122 Å². The maximum atomic E-state index is 11.7. The fraction of sp³-hybridized carbons (Fsp3) is 0.0714. The summed E-state index contributed by atoms with van der Waals surface area (Å²) in [6.45, 7) is 0.199. The summed E-state index contributed by atoms with van der Waals surface area (Å²) in [5.74, 6) is -0.0323. The second-order valence-electron chi connectivity index (χ2n) is 4.51. The Morgan fingerprint density at radius 3 is 2.32 bits per heavy atom. The number of carbonyl (C=O) groups excluding carboxylic acids is 1. The molecule has 22 heavy (non-hydrogen) atoms. The van der Waals surface area contributed by atoms with Crippen LogP contribution in [-0.4, -0.2) is 19.6 Å². The van der Waals surface area contributed by atoms with Gasteiger partial charge in [0.25, 0.3) is 0 Å². The lowest BCUT2D eigenvalue weighted by Gasteiger charge is -2.09. The largest absolute Gasteiger partial charge is 0.506 e. The summed E-state index contributed by atoms with van der Waals surface area (Å²) in [5, 5.41) is 19.6. The van der Waals surface area contributed by atoms with E-state index in [0.717, 1.165) is 0 Å². The molecule has 5 N–H and O–H groups in total. The molecule has 0 saturated heterocycles. The number of primary sulfonamides is 1. The van der Waals surface area contributed by atoms with E-state index in [1.54, 1.807) is 30.3 Å². The highest BCUT2D eigenvalue weighted by atomic mass is 32.2. The number of urea groups is 1. The smallest absolute Gasteiger partial charge is 0.319 e. The predicted octanol–water partition coefficient (Wildman–Crippen LogP) is 1.36. The Morgan fingerprint density at radius 1 is 1.09 bits per heavy atom. The Labute approximate surface area is 127 Å². The molecule has 0 bridgehead atoms. The van der Waals surface area contributed by atoms with Crippen LogP contribution in [-0.2, 0) is 16.6 Å². The van der Waals surface area contributed by atoms with Gasteiger partial charge in [0.15, 0.2) is 0 Å². The third-order valence-corrected chi connectivity index (χ3v) is 3.79. The van der Waals surface area contributed by atoms with E-state index < -0.39 is 16.1 Å². The van der Waals surface area contributed by atoms with E-state index in [0.29, 0.717) is 11.3 Å². The summed E-state index contributed by atoms with van der Waals surface area (Å²) < 4.78 is 22.2. The minimum Gasteiger partial charge on any atom is -0.506 e. The average Bonchev–Trinajstić information content (AvgIpc) is 2.47. The summed E-state index contributed by atoms with van der Waals surface area (Å²) in [7, 11) is -3.72. The van der Waals surface area contributed by atoms with Gasteiger partial charge in [0.05, 0.1) is 10.6 Å². The number of benzene rings is 2.